The number of likely N-dealkylation sites (tertiary alicyclic amines) is 1. The lowest BCUT2D eigenvalue weighted by Gasteiger charge is -2.35. The Bertz CT molecular complexity index is 1450. The average molecular weight is 521 g/mol. The van der Waals surface area contributed by atoms with E-state index in [1.54, 1.807) is 6.20 Å². The minimum atomic E-state index is -0.234. The molecule has 0 radical (unpaired) electrons. The van der Waals surface area contributed by atoms with Crippen LogP contribution in [0.3, 0.4) is 0 Å². The molecule has 1 saturated carbocycles. The van der Waals surface area contributed by atoms with E-state index in [0.717, 1.165) is 36.2 Å². The van der Waals surface area contributed by atoms with Crippen molar-refractivity contribution in [1.82, 2.24) is 29.4 Å². The molecule has 3 aromatic heterocycles. The third-order valence-electron chi connectivity index (χ3n) is 6.89. The first-order valence-electron chi connectivity index (χ1n) is 12.5. The molecule has 0 spiro atoms. The fraction of sp³-hybridized carbons (Fsp3) is 0.407. The van der Waals surface area contributed by atoms with Gasteiger partial charge in [-0.25, -0.2) is 9.97 Å². The number of nitrogens with zero attached hydrogens (tertiary/aromatic N) is 6. The van der Waals surface area contributed by atoms with Crippen LogP contribution >= 0.6 is 11.6 Å². The molecule has 2 fully saturated rings. The number of rotatable bonds is 9. The molecule has 6 rings (SSSR count). The van der Waals surface area contributed by atoms with Crippen molar-refractivity contribution in [3.05, 3.63) is 59.1 Å². The number of benzene rings is 1. The van der Waals surface area contributed by atoms with Gasteiger partial charge in [-0.2, -0.15) is 4.98 Å². The Kier molecular flexibility index (Phi) is 6.22. The van der Waals surface area contributed by atoms with Gasteiger partial charge < -0.3 is 19.1 Å². The predicted octanol–water partition coefficient (Wildman–Crippen LogP) is 3.89. The number of imidazole rings is 1. The SMILES string of the molecule is Cc1ccnc(Cn2c(-c3cccc(OCCN4CC(O)C4)c3Cl)nc3c(OC4(C)CC4)ncnc32)c1. The lowest BCUT2D eigenvalue weighted by atomic mass is 10.2. The molecule has 0 unspecified atom stereocenters. The van der Waals surface area contributed by atoms with Gasteiger partial charge in [-0.05, 0) is 56.5 Å². The zero-order chi connectivity index (χ0) is 25.6. The summed E-state index contributed by atoms with van der Waals surface area (Å²) in [6, 6.07) is 9.71. The maximum absolute atomic E-state index is 9.50. The number of fused-ring (bicyclic) bond motifs is 1. The highest BCUT2D eigenvalue weighted by Gasteiger charge is 2.41. The summed E-state index contributed by atoms with van der Waals surface area (Å²) in [4.78, 5) is 20.7. The summed E-state index contributed by atoms with van der Waals surface area (Å²) in [6.07, 6.45) is 5.06. The summed E-state index contributed by atoms with van der Waals surface area (Å²) in [7, 11) is 0. The van der Waals surface area contributed by atoms with Crippen molar-refractivity contribution in [3.63, 3.8) is 0 Å². The van der Waals surface area contributed by atoms with E-state index in [2.05, 4.69) is 26.8 Å². The molecule has 10 heteroatoms. The van der Waals surface area contributed by atoms with Gasteiger partial charge in [0.1, 0.15) is 30.1 Å². The first kappa shape index (κ1) is 24.1. The number of aryl methyl sites for hydroxylation is 1. The normalized spacial score (nSPS) is 17.1. The van der Waals surface area contributed by atoms with Crippen LogP contribution in [0, 0.1) is 6.92 Å². The summed E-state index contributed by atoms with van der Waals surface area (Å²) in [5.41, 5.74) is 3.79. The van der Waals surface area contributed by atoms with Crippen LogP contribution in [-0.2, 0) is 6.54 Å². The zero-order valence-electron chi connectivity index (χ0n) is 20.9. The van der Waals surface area contributed by atoms with Crippen LogP contribution in [0.1, 0.15) is 31.0 Å². The number of aromatic nitrogens is 5. The molecular formula is C27H29ClN6O3. The minimum Gasteiger partial charge on any atom is -0.491 e. The van der Waals surface area contributed by atoms with Crippen molar-refractivity contribution < 1.29 is 14.6 Å². The summed E-state index contributed by atoms with van der Waals surface area (Å²) >= 11 is 6.90. The number of β-amino-alcohol motifs (C(OH)–C–C–N with tert-alkyl or cyclic N) is 1. The smallest absolute Gasteiger partial charge is 0.245 e. The van der Waals surface area contributed by atoms with Crippen molar-refractivity contribution >= 4 is 22.8 Å². The van der Waals surface area contributed by atoms with Crippen molar-refractivity contribution in [2.75, 3.05) is 26.2 Å². The molecule has 1 aromatic carbocycles. The number of aliphatic hydroxyl groups is 1. The Labute approximate surface area is 220 Å². The monoisotopic (exact) mass is 520 g/mol. The molecule has 1 aliphatic heterocycles. The first-order chi connectivity index (χ1) is 17.9. The van der Waals surface area contributed by atoms with E-state index in [-0.39, 0.29) is 11.7 Å². The second-order valence-corrected chi connectivity index (χ2v) is 10.5. The Morgan fingerprint density at radius 3 is 2.76 bits per heavy atom. The molecular weight excluding hydrogens is 492 g/mol. The van der Waals surface area contributed by atoms with Gasteiger partial charge in [-0.3, -0.25) is 9.88 Å². The number of pyridine rings is 1. The molecule has 2 aliphatic rings. The fourth-order valence-corrected chi connectivity index (χ4v) is 4.77. The van der Waals surface area contributed by atoms with Crippen molar-refractivity contribution in [2.24, 2.45) is 0 Å². The van der Waals surface area contributed by atoms with E-state index in [0.29, 0.717) is 59.9 Å². The van der Waals surface area contributed by atoms with Crippen LogP contribution < -0.4 is 9.47 Å². The molecule has 4 aromatic rings. The summed E-state index contributed by atoms with van der Waals surface area (Å²) in [5.74, 6) is 1.70. The van der Waals surface area contributed by atoms with Gasteiger partial charge in [-0.15, -0.1) is 0 Å². The molecule has 0 bridgehead atoms. The van der Waals surface area contributed by atoms with Gasteiger partial charge in [0, 0.05) is 31.4 Å². The fourth-order valence-electron chi connectivity index (χ4n) is 4.51. The van der Waals surface area contributed by atoms with E-state index in [1.165, 1.54) is 6.33 Å². The lowest BCUT2D eigenvalue weighted by molar-refractivity contribution is -0.00386. The van der Waals surface area contributed by atoms with Crippen LogP contribution in [0.2, 0.25) is 5.02 Å². The topological polar surface area (TPSA) is 98.4 Å². The quantitative estimate of drug-likeness (QED) is 0.355. The zero-order valence-corrected chi connectivity index (χ0v) is 21.6. The summed E-state index contributed by atoms with van der Waals surface area (Å²) in [5, 5.41) is 9.97. The molecule has 0 amide bonds. The summed E-state index contributed by atoms with van der Waals surface area (Å²) < 4.78 is 14.3. The molecule has 1 saturated heterocycles. The molecule has 1 N–H and O–H groups in total. The van der Waals surface area contributed by atoms with E-state index in [9.17, 15) is 5.11 Å². The van der Waals surface area contributed by atoms with Gasteiger partial charge in [-0.1, -0.05) is 17.7 Å². The van der Waals surface area contributed by atoms with Crippen LogP contribution in [0.5, 0.6) is 11.6 Å². The van der Waals surface area contributed by atoms with Crippen molar-refractivity contribution in [2.45, 2.75) is 44.9 Å². The molecule has 9 nitrogen and oxygen atoms in total. The second kappa shape index (κ2) is 9.55. The Morgan fingerprint density at radius 1 is 1.16 bits per heavy atom. The third kappa shape index (κ3) is 4.99. The van der Waals surface area contributed by atoms with Gasteiger partial charge in [0.2, 0.25) is 5.88 Å². The number of ether oxygens (including phenoxy) is 2. The van der Waals surface area contributed by atoms with Gasteiger partial charge >= 0.3 is 0 Å². The number of hydrogen-bond acceptors (Lipinski definition) is 8. The predicted molar refractivity (Wildman–Crippen MR) is 140 cm³/mol. The van der Waals surface area contributed by atoms with Crippen LogP contribution in [0.25, 0.3) is 22.6 Å². The van der Waals surface area contributed by atoms with Gasteiger partial charge in [0.15, 0.2) is 11.2 Å². The largest absolute Gasteiger partial charge is 0.491 e. The van der Waals surface area contributed by atoms with Gasteiger partial charge in [0.05, 0.1) is 23.4 Å². The lowest BCUT2D eigenvalue weighted by Crippen LogP contribution is -2.51. The molecule has 37 heavy (non-hydrogen) atoms. The Morgan fingerprint density at radius 2 is 2.00 bits per heavy atom. The highest BCUT2D eigenvalue weighted by atomic mass is 35.5. The standard InChI is InChI=1S/C27H29ClN6O3/c1-17-6-9-29-18(12-17)13-34-24(32-23-25(34)30-16-31-26(23)37-27(2)7-8-27)20-4-3-5-21(22(20)28)36-11-10-33-14-19(35)15-33/h3-6,9,12,16,19,35H,7-8,10-11,13-15H2,1-2H3. The van der Waals surface area contributed by atoms with Crippen LogP contribution in [0.4, 0.5) is 0 Å². The average Bonchev–Trinajstić information content (AvgIpc) is 3.47. The molecule has 0 atom stereocenters. The third-order valence-corrected chi connectivity index (χ3v) is 7.28. The van der Waals surface area contributed by atoms with Crippen molar-refractivity contribution in [1.29, 1.82) is 0 Å². The van der Waals surface area contributed by atoms with Crippen LogP contribution in [-0.4, -0.2) is 72.5 Å². The minimum absolute atomic E-state index is 0.207. The highest BCUT2D eigenvalue weighted by molar-refractivity contribution is 6.34. The molecule has 4 heterocycles. The van der Waals surface area contributed by atoms with E-state index < -0.39 is 0 Å². The van der Waals surface area contributed by atoms with Gasteiger partial charge in [0.25, 0.3) is 0 Å². The van der Waals surface area contributed by atoms with E-state index in [1.807, 2.05) is 41.8 Å². The number of halogens is 1. The molecule has 1 aliphatic carbocycles. The van der Waals surface area contributed by atoms with Crippen LogP contribution in [0.15, 0.2) is 42.9 Å². The maximum atomic E-state index is 9.50. The van der Waals surface area contributed by atoms with E-state index >= 15 is 0 Å². The number of hydrogen-bond donors (Lipinski definition) is 1. The van der Waals surface area contributed by atoms with E-state index in [4.69, 9.17) is 26.1 Å². The Hall–Kier alpha value is -3.27. The highest BCUT2D eigenvalue weighted by Crippen LogP contribution is 2.42. The molecule has 192 valence electrons. The Balaban J connectivity index is 1.38. The second-order valence-electron chi connectivity index (χ2n) is 10.1. The van der Waals surface area contributed by atoms with Crippen molar-refractivity contribution in [3.8, 4) is 23.0 Å². The number of aliphatic hydroxyl groups excluding tert-OH is 1. The maximum Gasteiger partial charge on any atom is 0.245 e. The first-order valence-corrected chi connectivity index (χ1v) is 12.9. The summed E-state index contributed by atoms with van der Waals surface area (Å²) in [6.45, 7) is 7.14.